The summed E-state index contributed by atoms with van der Waals surface area (Å²) in [6.07, 6.45) is 3.44. The second-order valence-corrected chi connectivity index (χ2v) is 3.91. The van der Waals surface area contributed by atoms with Crippen molar-refractivity contribution in [2.24, 2.45) is 0 Å². The molecule has 1 rings (SSSR count). The molecule has 1 aromatic rings. The Morgan fingerprint density at radius 2 is 2.06 bits per heavy atom. The van der Waals surface area contributed by atoms with Crippen LogP contribution >= 0.6 is 0 Å². The van der Waals surface area contributed by atoms with Crippen LogP contribution in [-0.4, -0.2) is 29.4 Å². The number of rotatable bonds is 7. The molecule has 0 aliphatic heterocycles. The number of carbonyl (C=O) groups excluding carboxylic acids is 2. The Balaban J connectivity index is 2.48. The smallest absolute Gasteiger partial charge is 0.307 e. The molecule has 5 heteroatoms. The lowest BCUT2D eigenvalue weighted by molar-refractivity contribution is -0.145. The topological polar surface area (TPSA) is 68.3 Å². The second kappa shape index (κ2) is 7.55. The van der Waals surface area contributed by atoms with Gasteiger partial charge in [-0.3, -0.25) is 14.6 Å². The van der Waals surface area contributed by atoms with Gasteiger partial charge in [0.05, 0.1) is 19.1 Å². The molecular weight excluding hydrogens is 232 g/mol. The molecular formula is C13H18N2O3. The lowest BCUT2D eigenvalue weighted by Crippen LogP contribution is -2.37. The van der Waals surface area contributed by atoms with E-state index < -0.39 is 6.04 Å². The molecule has 0 spiro atoms. The molecule has 0 aliphatic rings. The SMILES string of the molecule is CCOC(=O)CC(NCc1ccncc1)C(C)=O. The van der Waals surface area contributed by atoms with Crippen molar-refractivity contribution in [3.8, 4) is 0 Å². The molecule has 1 unspecified atom stereocenters. The van der Waals surface area contributed by atoms with Gasteiger partial charge in [0, 0.05) is 18.9 Å². The minimum absolute atomic E-state index is 0.0637. The third-order valence-corrected chi connectivity index (χ3v) is 2.47. The van der Waals surface area contributed by atoms with Crippen LogP contribution in [0.15, 0.2) is 24.5 Å². The maximum absolute atomic E-state index is 11.4. The van der Waals surface area contributed by atoms with Crippen molar-refractivity contribution in [2.45, 2.75) is 32.9 Å². The number of pyridine rings is 1. The van der Waals surface area contributed by atoms with E-state index in [1.807, 2.05) is 12.1 Å². The maximum atomic E-state index is 11.4. The van der Waals surface area contributed by atoms with Gasteiger partial charge in [0.1, 0.15) is 5.78 Å². The highest BCUT2D eigenvalue weighted by molar-refractivity contribution is 5.86. The summed E-state index contributed by atoms with van der Waals surface area (Å²) in [6, 6.07) is 3.21. The van der Waals surface area contributed by atoms with Crippen LogP contribution in [0.5, 0.6) is 0 Å². The van der Waals surface area contributed by atoms with E-state index in [0.717, 1.165) is 5.56 Å². The van der Waals surface area contributed by atoms with E-state index >= 15 is 0 Å². The molecule has 0 saturated heterocycles. The summed E-state index contributed by atoms with van der Waals surface area (Å²) in [5.74, 6) is -0.433. The van der Waals surface area contributed by atoms with E-state index in [2.05, 4.69) is 10.3 Å². The van der Waals surface area contributed by atoms with Crippen molar-refractivity contribution < 1.29 is 14.3 Å². The first-order chi connectivity index (χ1) is 8.63. The zero-order valence-electron chi connectivity index (χ0n) is 10.7. The summed E-state index contributed by atoms with van der Waals surface area (Å²) in [6.45, 7) is 4.05. The van der Waals surface area contributed by atoms with Crippen LogP contribution in [0, 0.1) is 0 Å². The first-order valence-corrected chi connectivity index (χ1v) is 5.91. The molecule has 0 fully saturated rings. The molecule has 1 N–H and O–H groups in total. The summed E-state index contributed by atoms with van der Waals surface area (Å²) >= 11 is 0. The second-order valence-electron chi connectivity index (χ2n) is 3.91. The van der Waals surface area contributed by atoms with Crippen LogP contribution < -0.4 is 5.32 Å². The normalized spacial score (nSPS) is 11.9. The van der Waals surface area contributed by atoms with Gasteiger partial charge in [-0.15, -0.1) is 0 Å². The van der Waals surface area contributed by atoms with Crippen LogP contribution in [0.2, 0.25) is 0 Å². The molecule has 1 atom stereocenters. The number of esters is 1. The van der Waals surface area contributed by atoms with Crippen molar-refractivity contribution in [1.29, 1.82) is 0 Å². The van der Waals surface area contributed by atoms with Gasteiger partial charge in [-0.1, -0.05) is 0 Å². The Bertz CT molecular complexity index is 392. The fraction of sp³-hybridized carbons (Fsp3) is 0.462. The van der Waals surface area contributed by atoms with Gasteiger partial charge in [-0.2, -0.15) is 0 Å². The molecule has 1 aromatic heterocycles. The number of nitrogens with one attached hydrogen (secondary N) is 1. The molecule has 5 nitrogen and oxygen atoms in total. The Labute approximate surface area is 107 Å². The molecule has 0 aromatic carbocycles. The first-order valence-electron chi connectivity index (χ1n) is 5.91. The van der Waals surface area contributed by atoms with Gasteiger partial charge >= 0.3 is 5.97 Å². The summed E-state index contributed by atoms with van der Waals surface area (Å²) in [4.78, 5) is 26.7. The Morgan fingerprint density at radius 3 is 2.61 bits per heavy atom. The van der Waals surface area contributed by atoms with E-state index in [1.165, 1.54) is 6.92 Å². The van der Waals surface area contributed by atoms with Crippen molar-refractivity contribution in [3.63, 3.8) is 0 Å². The maximum Gasteiger partial charge on any atom is 0.307 e. The first kappa shape index (κ1) is 14.3. The van der Waals surface area contributed by atoms with E-state index in [1.54, 1.807) is 19.3 Å². The molecule has 1 heterocycles. The highest BCUT2D eigenvalue weighted by atomic mass is 16.5. The number of nitrogens with zero attached hydrogens (tertiary/aromatic N) is 1. The molecule has 0 radical (unpaired) electrons. The van der Waals surface area contributed by atoms with Crippen molar-refractivity contribution in [1.82, 2.24) is 10.3 Å². The Kier molecular flexibility index (Phi) is 6.00. The van der Waals surface area contributed by atoms with Crippen molar-refractivity contribution in [3.05, 3.63) is 30.1 Å². The van der Waals surface area contributed by atoms with Crippen LogP contribution in [0.4, 0.5) is 0 Å². The van der Waals surface area contributed by atoms with E-state index in [0.29, 0.717) is 13.2 Å². The lowest BCUT2D eigenvalue weighted by atomic mass is 10.1. The fourth-order valence-corrected chi connectivity index (χ4v) is 1.49. The van der Waals surface area contributed by atoms with Gasteiger partial charge in [-0.05, 0) is 31.5 Å². The number of hydrogen-bond acceptors (Lipinski definition) is 5. The van der Waals surface area contributed by atoms with E-state index in [4.69, 9.17) is 4.74 Å². The van der Waals surface area contributed by atoms with Gasteiger partial charge in [0.15, 0.2) is 0 Å². The summed E-state index contributed by atoms with van der Waals surface area (Å²) in [5, 5.41) is 3.05. The van der Waals surface area contributed by atoms with Gasteiger partial charge in [0.2, 0.25) is 0 Å². The average Bonchev–Trinajstić information content (AvgIpc) is 2.35. The van der Waals surface area contributed by atoms with E-state index in [9.17, 15) is 9.59 Å². The zero-order chi connectivity index (χ0) is 13.4. The highest BCUT2D eigenvalue weighted by Crippen LogP contribution is 2.01. The monoisotopic (exact) mass is 250 g/mol. The zero-order valence-corrected chi connectivity index (χ0v) is 10.7. The van der Waals surface area contributed by atoms with Gasteiger partial charge < -0.3 is 10.1 Å². The van der Waals surface area contributed by atoms with Crippen LogP contribution in [0.1, 0.15) is 25.8 Å². The number of ether oxygens (including phenoxy) is 1. The summed E-state index contributed by atoms with van der Waals surface area (Å²) in [7, 11) is 0. The number of Topliss-reactive ketones (excluding diaryl/α,β-unsaturated/α-hetero) is 1. The van der Waals surface area contributed by atoms with E-state index in [-0.39, 0.29) is 18.2 Å². The highest BCUT2D eigenvalue weighted by Gasteiger charge is 2.18. The molecule has 0 amide bonds. The largest absolute Gasteiger partial charge is 0.466 e. The van der Waals surface area contributed by atoms with Gasteiger partial charge in [0.25, 0.3) is 0 Å². The van der Waals surface area contributed by atoms with Crippen molar-refractivity contribution >= 4 is 11.8 Å². The van der Waals surface area contributed by atoms with Gasteiger partial charge in [-0.25, -0.2) is 0 Å². The lowest BCUT2D eigenvalue weighted by Gasteiger charge is -2.14. The molecule has 98 valence electrons. The standard InChI is InChI=1S/C13H18N2O3/c1-3-18-13(17)8-12(10(2)16)15-9-11-4-6-14-7-5-11/h4-7,12,15H,3,8-9H2,1-2H3. The summed E-state index contributed by atoms with van der Waals surface area (Å²) in [5.41, 5.74) is 1.01. The quantitative estimate of drug-likeness (QED) is 0.733. The fourth-order valence-electron chi connectivity index (χ4n) is 1.49. The minimum Gasteiger partial charge on any atom is -0.466 e. The van der Waals surface area contributed by atoms with Crippen molar-refractivity contribution in [2.75, 3.05) is 6.61 Å². The summed E-state index contributed by atoms with van der Waals surface area (Å²) < 4.78 is 4.83. The number of hydrogen-bond donors (Lipinski definition) is 1. The Hall–Kier alpha value is -1.75. The average molecular weight is 250 g/mol. The third kappa shape index (κ3) is 5.05. The number of ketones is 1. The number of carbonyl (C=O) groups is 2. The predicted octanol–water partition coefficient (Wildman–Crippen LogP) is 1.08. The third-order valence-electron chi connectivity index (χ3n) is 2.47. The molecule has 18 heavy (non-hydrogen) atoms. The predicted molar refractivity (Wildman–Crippen MR) is 66.8 cm³/mol. The molecule has 0 aliphatic carbocycles. The van der Waals surface area contributed by atoms with Crippen LogP contribution in [0.25, 0.3) is 0 Å². The minimum atomic E-state index is -0.503. The Morgan fingerprint density at radius 1 is 1.39 bits per heavy atom. The molecule has 0 bridgehead atoms. The molecule has 0 saturated carbocycles. The van der Waals surface area contributed by atoms with Crippen LogP contribution in [0.3, 0.4) is 0 Å². The number of aromatic nitrogens is 1. The van der Waals surface area contributed by atoms with Crippen LogP contribution in [-0.2, 0) is 20.9 Å².